The Morgan fingerprint density at radius 2 is 2.29 bits per heavy atom. The summed E-state index contributed by atoms with van der Waals surface area (Å²) in [5.41, 5.74) is 0.984. The molecule has 1 fully saturated rings. The molecule has 0 spiro atoms. The molecule has 0 bridgehead atoms. The monoisotopic (exact) mass is 236 g/mol. The zero-order valence-electron chi connectivity index (χ0n) is 10.2. The molecular formula is C12H18N3O2. The molecule has 2 heterocycles. The Hall–Kier alpha value is -1.36. The predicted molar refractivity (Wildman–Crippen MR) is 62.5 cm³/mol. The number of carbonyl (C=O) groups is 1. The summed E-state index contributed by atoms with van der Waals surface area (Å²) in [7, 11) is 0. The van der Waals surface area contributed by atoms with Crippen molar-refractivity contribution < 1.29 is 9.53 Å². The lowest BCUT2D eigenvalue weighted by molar-refractivity contribution is -0.135. The number of aromatic nitrogens is 2. The lowest BCUT2D eigenvalue weighted by Gasteiger charge is -2.26. The molecule has 0 saturated carbocycles. The highest BCUT2D eigenvalue weighted by Gasteiger charge is 2.16. The third-order valence-corrected chi connectivity index (χ3v) is 2.87. The highest BCUT2D eigenvalue weighted by molar-refractivity contribution is 5.76. The quantitative estimate of drug-likeness (QED) is 0.837. The van der Waals surface area contributed by atoms with Crippen LogP contribution in [0.1, 0.15) is 24.4 Å². The zero-order chi connectivity index (χ0) is 12.1. The normalized spacial score (nSPS) is 16.2. The van der Waals surface area contributed by atoms with Crippen LogP contribution in [0.3, 0.4) is 0 Å². The van der Waals surface area contributed by atoms with Crippen molar-refractivity contribution in [3.05, 3.63) is 17.7 Å². The van der Waals surface area contributed by atoms with Gasteiger partial charge in [0.1, 0.15) is 12.0 Å². The molecule has 1 radical (unpaired) electrons. The minimum absolute atomic E-state index is 0.226. The van der Waals surface area contributed by atoms with Gasteiger partial charge < -0.3 is 14.6 Å². The summed E-state index contributed by atoms with van der Waals surface area (Å²) < 4.78 is 5.21. The van der Waals surface area contributed by atoms with Gasteiger partial charge in [0.15, 0.2) is 0 Å². The van der Waals surface area contributed by atoms with Crippen LogP contribution in [0.25, 0.3) is 0 Å². The summed E-state index contributed by atoms with van der Waals surface area (Å²) in [4.78, 5) is 20.8. The average molecular weight is 236 g/mol. The van der Waals surface area contributed by atoms with E-state index >= 15 is 0 Å². The number of nitrogens with zero attached hydrogens (tertiary/aromatic N) is 2. The first kappa shape index (κ1) is 12.1. The van der Waals surface area contributed by atoms with E-state index in [-0.39, 0.29) is 5.91 Å². The number of aryl methyl sites for hydroxylation is 2. The number of hydrogen-bond donors (Lipinski definition) is 1. The second-order valence-corrected chi connectivity index (χ2v) is 4.26. The number of nitrogens with one attached hydrogen (secondary N) is 1. The number of rotatable bonds is 4. The van der Waals surface area contributed by atoms with Crippen LogP contribution in [0, 0.1) is 13.1 Å². The first-order valence-corrected chi connectivity index (χ1v) is 6.04. The maximum Gasteiger partial charge on any atom is 0.222 e. The molecule has 2 rings (SSSR count). The summed E-state index contributed by atoms with van der Waals surface area (Å²) in [6.07, 6.45) is 5.17. The van der Waals surface area contributed by atoms with Gasteiger partial charge in [0, 0.05) is 25.2 Å². The molecule has 17 heavy (non-hydrogen) atoms. The Bertz CT molecular complexity index is 370. The van der Waals surface area contributed by atoms with Crippen molar-refractivity contribution in [2.24, 2.45) is 0 Å². The molecule has 1 aliphatic rings. The highest BCUT2D eigenvalue weighted by Crippen LogP contribution is 2.06. The minimum atomic E-state index is 0.226. The van der Waals surface area contributed by atoms with Crippen LogP contribution in [0.2, 0.25) is 0 Å². The molecule has 1 N–H and O–H groups in total. The van der Waals surface area contributed by atoms with Crippen LogP contribution in [-0.2, 0) is 16.0 Å². The Kier molecular flexibility index (Phi) is 4.14. The number of ether oxygens (including phenoxy) is 1. The van der Waals surface area contributed by atoms with Crippen molar-refractivity contribution in [3.8, 4) is 0 Å². The standard InChI is InChI=1S/C12H18N3O2/c1-10-13-9-11(14-10)3-2-4-12(16)15-5-7-17-8-6-15/h2-8H2,1H3,(H,13,14). The van der Waals surface area contributed by atoms with Gasteiger partial charge in [0.25, 0.3) is 0 Å². The maximum atomic E-state index is 11.8. The molecule has 0 aromatic carbocycles. The third kappa shape index (κ3) is 3.56. The van der Waals surface area contributed by atoms with E-state index in [4.69, 9.17) is 4.74 Å². The number of aromatic amines is 1. The fraction of sp³-hybridized carbons (Fsp3) is 0.667. The molecular weight excluding hydrogens is 218 g/mol. The number of carbonyl (C=O) groups excluding carboxylic acids is 1. The Labute approximate surface area is 101 Å². The van der Waals surface area contributed by atoms with Gasteiger partial charge in [-0.05, 0) is 19.8 Å². The van der Waals surface area contributed by atoms with Gasteiger partial charge in [-0.15, -0.1) is 0 Å². The molecule has 1 aromatic heterocycles. The summed E-state index contributed by atoms with van der Waals surface area (Å²) in [5.74, 6) is 1.10. The topological polar surface area (TPSA) is 58.2 Å². The summed E-state index contributed by atoms with van der Waals surface area (Å²) in [5, 5.41) is 0. The van der Waals surface area contributed by atoms with Crippen LogP contribution in [0.15, 0.2) is 0 Å². The van der Waals surface area contributed by atoms with Gasteiger partial charge in [-0.2, -0.15) is 0 Å². The molecule has 5 nitrogen and oxygen atoms in total. The van der Waals surface area contributed by atoms with Crippen molar-refractivity contribution in [3.63, 3.8) is 0 Å². The first-order valence-electron chi connectivity index (χ1n) is 6.04. The fourth-order valence-electron chi connectivity index (χ4n) is 1.93. The van der Waals surface area contributed by atoms with Gasteiger partial charge in [-0.3, -0.25) is 4.79 Å². The molecule has 0 aliphatic carbocycles. The van der Waals surface area contributed by atoms with E-state index in [0.29, 0.717) is 19.6 Å². The molecule has 0 atom stereocenters. The van der Waals surface area contributed by atoms with Crippen molar-refractivity contribution in [1.29, 1.82) is 0 Å². The summed E-state index contributed by atoms with van der Waals surface area (Å²) >= 11 is 0. The number of amides is 1. The van der Waals surface area contributed by atoms with Crippen LogP contribution >= 0.6 is 0 Å². The summed E-state index contributed by atoms with van der Waals surface area (Å²) in [6.45, 7) is 4.69. The van der Waals surface area contributed by atoms with Crippen LogP contribution in [-0.4, -0.2) is 47.1 Å². The second-order valence-electron chi connectivity index (χ2n) is 4.26. The number of imidazole rings is 1. The molecule has 1 saturated heterocycles. The van der Waals surface area contributed by atoms with Gasteiger partial charge in [0.05, 0.1) is 13.2 Å². The molecule has 5 heteroatoms. The summed E-state index contributed by atoms with van der Waals surface area (Å²) in [6, 6.07) is 0. The zero-order valence-corrected chi connectivity index (χ0v) is 10.2. The lowest BCUT2D eigenvalue weighted by atomic mass is 10.2. The second kappa shape index (κ2) is 5.82. The Balaban J connectivity index is 1.69. The minimum Gasteiger partial charge on any atom is -0.378 e. The molecule has 1 aromatic rings. The Morgan fingerprint density at radius 3 is 2.94 bits per heavy atom. The van der Waals surface area contributed by atoms with E-state index in [1.165, 1.54) is 0 Å². The van der Waals surface area contributed by atoms with Crippen LogP contribution < -0.4 is 0 Å². The Morgan fingerprint density at radius 1 is 1.53 bits per heavy atom. The highest BCUT2D eigenvalue weighted by atomic mass is 16.5. The first-order chi connectivity index (χ1) is 8.25. The number of H-pyrrole nitrogens is 1. The number of morpholine rings is 1. The SMILES string of the molecule is Cc1n[c]c(CCCC(=O)N2CCOCC2)[nH]1. The van der Waals surface area contributed by atoms with E-state index < -0.39 is 0 Å². The van der Waals surface area contributed by atoms with Crippen molar-refractivity contribution in [2.45, 2.75) is 26.2 Å². The predicted octanol–water partition coefficient (Wildman–Crippen LogP) is 0.700. The van der Waals surface area contributed by atoms with Crippen LogP contribution in [0.4, 0.5) is 0 Å². The van der Waals surface area contributed by atoms with E-state index in [9.17, 15) is 4.79 Å². The van der Waals surface area contributed by atoms with Gasteiger partial charge in [-0.25, -0.2) is 4.98 Å². The molecule has 93 valence electrons. The smallest absolute Gasteiger partial charge is 0.222 e. The van der Waals surface area contributed by atoms with E-state index in [1.54, 1.807) is 0 Å². The molecule has 1 aliphatic heterocycles. The van der Waals surface area contributed by atoms with E-state index in [1.807, 2.05) is 11.8 Å². The van der Waals surface area contributed by atoms with Crippen molar-refractivity contribution >= 4 is 5.91 Å². The third-order valence-electron chi connectivity index (χ3n) is 2.87. The lowest BCUT2D eigenvalue weighted by Crippen LogP contribution is -2.40. The maximum absolute atomic E-state index is 11.8. The van der Waals surface area contributed by atoms with Gasteiger partial charge >= 0.3 is 0 Å². The van der Waals surface area contributed by atoms with Gasteiger partial charge in [-0.1, -0.05) is 0 Å². The molecule has 1 amide bonds. The van der Waals surface area contributed by atoms with Crippen molar-refractivity contribution in [1.82, 2.24) is 14.9 Å². The number of hydrogen-bond acceptors (Lipinski definition) is 3. The van der Waals surface area contributed by atoms with Crippen LogP contribution in [0.5, 0.6) is 0 Å². The van der Waals surface area contributed by atoms with Crippen molar-refractivity contribution in [2.75, 3.05) is 26.3 Å². The average Bonchev–Trinajstić information content (AvgIpc) is 2.76. The fourth-order valence-corrected chi connectivity index (χ4v) is 1.93. The largest absolute Gasteiger partial charge is 0.378 e. The molecule has 0 unspecified atom stereocenters. The van der Waals surface area contributed by atoms with Gasteiger partial charge in [0.2, 0.25) is 5.91 Å². The van der Waals surface area contributed by atoms with E-state index in [2.05, 4.69) is 16.2 Å². The van der Waals surface area contributed by atoms with E-state index in [0.717, 1.165) is 37.4 Å².